The van der Waals surface area contributed by atoms with Crippen LogP contribution in [0.2, 0.25) is 0 Å². The van der Waals surface area contributed by atoms with E-state index < -0.39 is 12.0 Å². The van der Waals surface area contributed by atoms with Gasteiger partial charge in [-0.25, -0.2) is 0 Å². The van der Waals surface area contributed by atoms with Crippen LogP contribution in [-0.2, 0) is 11.2 Å². The molecule has 0 fully saturated rings. The van der Waals surface area contributed by atoms with Crippen LogP contribution in [0.3, 0.4) is 0 Å². The molecule has 0 amide bonds. The van der Waals surface area contributed by atoms with Crippen LogP contribution < -0.4 is 5.73 Å². The second-order valence-electron chi connectivity index (χ2n) is 3.05. The summed E-state index contributed by atoms with van der Waals surface area (Å²) < 4.78 is 0. The Balaban J connectivity index is 2.85. The smallest absolute Gasteiger partial charge is 0.320 e. The Morgan fingerprint density at radius 1 is 1.57 bits per heavy atom. The van der Waals surface area contributed by atoms with Gasteiger partial charge in [-0.2, -0.15) is 0 Å². The van der Waals surface area contributed by atoms with Gasteiger partial charge in [-0.3, -0.25) is 4.79 Å². The minimum absolute atomic E-state index is 0.331. The Morgan fingerprint density at radius 3 is 2.79 bits per heavy atom. The lowest BCUT2D eigenvalue weighted by molar-refractivity contribution is -0.138. The number of rotatable bonds is 4. The summed E-state index contributed by atoms with van der Waals surface area (Å²) in [5.41, 5.74) is 7.29. The molecule has 3 nitrogen and oxygen atoms in total. The average Bonchev–Trinajstić information content (AvgIpc) is 2.18. The minimum Gasteiger partial charge on any atom is -0.480 e. The second-order valence-corrected chi connectivity index (χ2v) is 3.05. The van der Waals surface area contributed by atoms with Crippen LogP contribution in [0.4, 0.5) is 0 Å². The van der Waals surface area contributed by atoms with Gasteiger partial charge in [0.1, 0.15) is 6.04 Å². The van der Waals surface area contributed by atoms with Gasteiger partial charge in [0.15, 0.2) is 0 Å². The van der Waals surface area contributed by atoms with Gasteiger partial charge >= 0.3 is 5.97 Å². The predicted molar refractivity (Wildman–Crippen MR) is 55.8 cm³/mol. The molecule has 0 aliphatic rings. The van der Waals surface area contributed by atoms with Crippen molar-refractivity contribution in [2.45, 2.75) is 12.5 Å². The molecule has 14 heavy (non-hydrogen) atoms. The molecule has 0 aromatic heterocycles. The van der Waals surface area contributed by atoms with Gasteiger partial charge in [0, 0.05) is 0 Å². The number of carbonyl (C=O) groups is 1. The molecule has 3 heteroatoms. The largest absolute Gasteiger partial charge is 0.480 e. The summed E-state index contributed by atoms with van der Waals surface area (Å²) in [5, 5.41) is 8.66. The van der Waals surface area contributed by atoms with E-state index in [9.17, 15) is 4.79 Å². The van der Waals surface area contributed by atoms with E-state index in [0.29, 0.717) is 6.42 Å². The molecule has 0 heterocycles. The first kappa shape index (κ1) is 10.5. The van der Waals surface area contributed by atoms with E-state index in [-0.39, 0.29) is 0 Å². The highest BCUT2D eigenvalue weighted by molar-refractivity contribution is 5.73. The maximum Gasteiger partial charge on any atom is 0.320 e. The molecular formula is C11H13NO2. The Labute approximate surface area is 82.9 Å². The van der Waals surface area contributed by atoms with E-state index in [2.05, 4.69) is 6.58 Å². The first-order valence-corrected chi connectivity index (χ1v) is 4.34. The molecule has 0 spiro atoms. The number of benzene rings is 1. The molecule has 0 radical (unpaired) electrons. The predicted octanol–water partition coefficient (Wildman–Crippen LogP) is 1.28. The van der Waals surface area contributed by atoms with Crippen molar-refractivity contribution in [2.75, 3.05) is 0 Å². The van der Waals surface area contributed by atoms with Gasteiger partial charge < -0.3 is 10.8 Å². The van der Waals surface area contributed by atoms with E-state index in [0.717, 1.165) is 11.1 Å². The summed E-state index contributed by atoms with van der Waals surface area (Å²) in [7, 11) is 0. The average molecular weight is 191 g/mol. The number of hydrogen-bond donors (Lipinski definition) is 2. The first-order chi connectivity index (χ1) is 6.65. The standard InChI is InChI=1S/C11H13NO2/c1-2-8-5-3-4-6-9(8)7-10(12)11(13)14/h2-6,10H,1,7,12H2,(H,13,14)/t10-/m1/s1. The van der Waals surface area contributed by atoms with Crippen LogP contribution in [0, 0.1) is 0 Å². The molecule has 1 aromatic rings. The SMILES string of the molecule is C=Cc1ccccc1C[C@@H](N)C(=O)O. The summed E-state index contributed by atoms with van der Waals surface area (Å²) in [5.74, 6) is -0.983. The normalized spacial score (nSPS) is 12.1. The van der Waals surface area contributed by atoms with Crippen molar-refractivity contribution in [3.05, 3.63) is 42.0 Å². The van der Waals surface area contributed by atoms with E-state index in [1.165, 1.54) is 0 Å². The van der Waals surface area contributed by atoms with Crippen molar-refractivity contribution in [2.24, 2.45) is 5.73 Å². The van der Waals surface area contributed by atoms with Gasteiger partial charge in [0.05, 0.1) is 0 Å². The first-order valence-electron chi connectivity index (χ1n) is 4.34. The van der Waals surface area contributed by atoms with E-state index in [4.69, 9.17) is 10.8 Å². The molecular weight excluding hydrogens is 178 g/mol. The maximum absolute atomic E-state index is 10.6. The third kappa shape index (κ3) is 2.44. The molecule has 74 valence electrons. The van der Waals surface area contributed by atoms with Gasteiger partial charge in [0.25, 0.3) is 0 Å². The fraction of sp³-hybridized carbons (Fsp3) is 0.182. The molecule has 3 N–H and O–H groups in total. The summed E-state index contributed by atoms with van der Waals surface area (Å²) in [6.45, 7) is 3.66. The van der Waals surface area contributed by atoms with Gasteiger partial charge in [-0.1, -0.05) is 36.9 Å². The van der Waals surface area contributed by atoms with E-state index in [1.54, 1.807) is 6.08 Å². The lowest BCUT2D eigenvalue weighted by Gasteiger charge is -2.08. The molecule has 1 rings (SSSR count). The summed E-state index contributed by atoms with van der Waals surface area (Å²) in [6, 6.07) is 6.64. The van der Waals surface area contributed by atoms with Crippen molar-refractivity contribution < 1.29 is 9.90 Å². The number of nitrogens with two attached hydrogens (primary N) is 1. The van der Waals surface area contributed by atoms with Crippen molar-refractivity contribution in [1.82, 2.24) is 0 Å². The molecule has 0 saturated carbocycles. The minimum atomic E-state index is -0.983. The monoisotopic (exact) mass is 191 g/mol. The van der Waals surface area contributed by atoms with Crippen LogP contribution in [0.15, 0.2) is 30.8 Å². The highest BCUT2D eigenvalue weighted by Crippen LogP contribution is 2.11. The third-order valence-electron chi connectivity index (χ3n) is 2.03. The fourth-order valence-corrected chi connectivity index (χ4v) is 1.24. The lowest BCUT2D eigenvalue weighted by Crippen LogP contribution is -2.32. The van der Waals surface area contributed by atoms with E-state index >= 15 is 0 Å². The molecule has 0 bridgehead atoms. The highest BCUT2D eigenvalue weighted by Gasteiger charge is 2.12. The quantitative estimate of drug-likeness (QED) is 0.753. The summed E-state index contributed by atoms with van der Waals surface area (Å²) >= 11 is 0. The van der Waals surface area contributed by atoms with Crippen molar-refractivity contribution in [3.8, 4) is 0 Å². The van der Waals surface area contributed by atoms with Gasteiger partial charge in [-0.05, 0) is 17.5 Å². The number of carboxylic acids is 1. The van der Waals surface area contributed by atoms with Crippen molar-refractivity contribution in [3.63, 3.8) is 0 Å². The molecule has 0 saturated heterocycles. The summed E-state index contributed by atoms with van der Waals surface area (Å²) in [6.07, 6.45) is 2.03. The van der Waals surface area contributed by atoms with Crippen LogP contribution in [0.25, 0.3) is 6.08 Å². The van der Waals surface area contributed by atoms with E-state index in [1.807, 2.05) is 24.3 Å². The maximum atomic E-state index is 10.6. The van der Waals surface area contributed by atoms with Crippen LogP contribution in [0.5, 0.6) is 0 Å². The molecule has 1 aromatic carbocycles. The molecule has 0 aliphatic carbocycles. The third-order valence-corrected chi connectivity index (χ3v) is 2.03. The Kier molecular flexibility index (Phi) is 3.42. The second kappa shape index (κ2) is 4.58. The van der Waals surface area contributed by atoms with Crippen molar-refractivity contribution >= 4 is 12.0 Å². The van der Waals surface area contributed by atoms with Crippen LogP contribution in [-0.4, -0.2) is 17.1 Å². The molecule has 1 atom stereocenters. The number of aliphatic carboxylic acids is 1. The Bertz CT molecular complexity index is 347. The zero-order valence-corrected chi connectivity index (χ0v) is 7.81. The van der Waals surface area contributed by atoms with Gasteiger partial charge in [-0.15, -0.1) is 0 Å². The highest BCUT2D eigenvalue weighted by atomic mass is 16.4. The lowest BCUT2D eigenvalue weighted by atomic mass is 10.0. The summed E-state index contributed by atoms with van der Waals surface area (Å²) in [4.78, 5) is 10.6. The molecule has 0 aliphatic heterocycles. The zero-order chi connectivity index (χ0) is 10.6. The fourth-order valence-electron chi connectivity index (χ4n) is 1.24. The Morgan fingerprint density at radius 2 is 2.21 bits per heavy atom. The number of hydrogen-bond acceptors (Lipinski definition) is 2. The van der Waals surface area contributed by atoms with Gasteiger partial charge in [0.2, 0.25) is 0 Å². The Hall–Kier alpha value is -1.61. The van der Waals surface area contributed by atoms with Crippen LogP contribution >= 0.6 is 0 Å². The topological polar surface area (TPSA) is 63.3 Å². The number of carboxylic acid groups (broad SMARTS) is 1. The van der Waals surface area contributed by atoms with Crippen LogP contribution in [0.1, 0.15) is 11.1 Å². The molecule has 0 unspecified atom stereocenters. The zero-order valence-electron chi connectivity index (χ0n) is 7.81. The van der Waals surface area contributed by atoms with Crippen molar-refractivity contribution in [1.29, 1.82) is 0 Å².